The SMILES string of the molecule is CC(C)C[C@@H](C(=O)Nc1ccn(C[C@@H](O)CO)n1)N1CC(Oc2c(F)ccc(OC(C)C)c2F)=CC1=O. The molecule has 0 saturated heterocycles. The van der Waals surface area contributed by atoms with Crippen LogP contribution in [0.3, 0.4) is 0 Å². The summed E-state index contributed by atoms with van der Waals surface area (Å²) in [6, 6.07) is 2.78. The Morgan fingerprint density at radius 3 is 2.59 bits per heavy atom. The summed E-state index contributed by atoms with van der Waals surface area (Å²) in [5.74, 6) is -3.70. The van der Waals surface area contributed by atoms with Gasteiger partial charge in [-0.1, -0.05) is 13.8 Å². The molecular formula is C25H32F2N4O6. The van der Waals surface area contributed by atoms with E-state index in [4.69, 9.17) is 14.6 Å². The highest BCUT2D eigenvalue weighted by Gasteiger charge is 2.35. The summed E-state index contributed by atoms with van der Waals surface area (Å²) in [5.41, 5.74) is 0. The standard InChI is InChI=1S/C25H32F2N4O6/c1-14(2)9-19(25(35)28-21-7-8-30(29-21)11-16(33)13-32)31-12-17(10-22(31)34)37-24-18(26)5-6-20(23(24)27)36-15(3)4/h5-8,10,14-16,19,32-33H,9,11-13H2,1-4H3,(H,28,29,35)/t16-,19+/m1/s1. The molecule has 12 heteroatoms. The zero-order chi connectivity index (χ0) is 27.3. The van der Waals surface area contributed by atoms with Crippen LogP contribution in [0.25, 0.3) is 0 Å². The van der Waals surface area contributed by atoms with Gasteiger partial charge in [0.05, 0.1) is 31.9 Å². The molecule has 202 valence electrons. The number of hydrogen-bond acceptors (Lipinski definition) is 7. The first-order valence-electron chi connectivity index (χ1n) is 11.9. The van der Waals surface area contributed by atoms with E-state index < -0.39 is 48.0 Å². The van der Waals surface area contributed by atoms with Crippen LogP contribution in [0.5, 0.6) is 11.5 Å². The van der Waals surface area contributed by atoms with Gasteiger partial charge in [-0.25, -0.2) is 4.39 Å². The van der Waals surface area contributed by atoms with Gasteiger partial charge in [-0.15, -0.1) is 0 Å². The number of amides is 2. The first-order valence-corrected chi connectivity index (χ1v) is 11.9. The minimum atomic E-state index is -1.03. The maximum atomic E-state index is 14.8. The zero-order valence-corrected chi connectivity index (χ0v) is 21.1. The lowest BCUT2D eigenvalue weighted by molar-refractivity contribution is -0.133. The largest absolute Gasteiger partial charge is 0.488 e. The Bertz CT molecular complexity index is 1150. The number of aliphatic hydroxyl groups excluding tert-OH is 2. The number of nitrogens with zero attached hydrogens (tertiary/aromatic N) is 3. The van der Waals surface area contributed by atoms with Gasteiger partial charge in [0.1, 0.15) is 11.8 Å². The van der Waals surface area contributed by atoms with E-state index in [0.717, 1.165) is 18.2 Å². The number of anilines is 1. The van der Waals surface area contributed by atoms with E-state index in [1.807, 2.05) is 13.8 Å². The fourth-order valence-corrected chi connectivity index (χ4v) is 3.76. The first-order chi connectivity index (χ1) is 17.5. The molecule has 0 spiro atoms. The van der Waals surface area contributed by atoms with E-state index in [2.05, 4.69) is 10.4 Å². The van der Waals surface area contributed by atoms with Crippen molar-refractivity contribution in [2.75, 3.05) is 18.5 Å². The van der Waals surface area contributed by atoms with Crippen molar-refractivity contribution < 1.29 is 38.1 Å². The number of aromatic nitrogens is 2. The number of carbonyl (C=O) groups is 2. The third-order valence-corrected chi connectivity index (χ3v) is 5.38. The van der Waals surface area contributed by atoms with Crippen LogP contribution in [-0.2, 0) is 16.1 Å². The summed E-state index contributed by atoms with van der Waals surface area (Å²) in [6.07, 6.45) is 1.58. The summed E-state index contributed by atoms with van der Waals surface area (Å²) in [6.45, 7) is 6.60. The Kier molecular flexibility index (Phi) is 9.22. The van der Waals surface area contributed by atoms with Gasteiger partial charge < -0.3 is 29.9 Å². The molecule has 0 aliphatic carbocycles. The highest BCUT2D eigenvalue weighted by molar-refractivity contribution is 5.99. The molecule has 0 fully saturated rings. The van der Waals surface area contributed by atoms with Crippen molar-refractivity contribution in [1.82, 2.24) is 14.7 Å². The van der Waals surface area contributed by atoms with Crippen molar-refractivity contribution in [3.63, 3.8) is 0 Å². The highest BCUT2D eigenvalue weighted by atomic mass is 19.1. The molecule has 1 aliphatic heterocycles. The molecule has 2 heterocycles. The number of carbonyl (C=O) groups excluding carboxylic acids is 2. The van der Waals surface area contributed by atoms with Gasteiger partial charge in [0.2, 0.25) is 17.5 Å². The smallest absolute Gasteiger partial charge is 0.251 e. The first kappa shape index (κ1) is 28.1. The lowest BCUT2D eigenvalue weighted by Gasteiger charge is -2.28. The molecule has 2 aromatic rings. The van der Waals surface area contributed by atoms with Crippen LogP contribution in [0, 0.1) is 17.6 Å². The van der Waals surface area contributed by atoms with Gasteiger partial charge in [0.25, 0.3) is 5.91 Å². The van der Waals surface area contributed by atoms with Crippen molar-refractivity contribution in [2.24, 2.45) is 5.92 Å². The zero-order valence-electron chi connectivity index (χ0n) is 21.1. The normalized spacial score (nSPS) is 15.2. The van der Waals surface area contributed by atoms with Gasteiger partial charge in [0.15, 0.2) is 17.4 Å². The number of halogens is 2. The monoisotopic (exact) mass is 522 g/mol. The van der Waals surface area contributed by atoms with Crippen LogP contribution >= 0.6 is 0 Å². The summed E-state index contributed by atoms with van der Waals surface area (Å²) in [4.78, 5) is 27.2. The molecule has 3 rings (SSSR count). The summed E-state index contributed by atoms with van der Waals surface area (Å²) in [7, 11) is 0. The second-order valence-electron chi connectivity index (χ2n) is 9.43. The summed E-state index contributed by atoms with van der Waals surface area (Å²) >= 11 is 0. The lowest BCUT2D eigenvalue weighted by Crippen LogP contribution is -2.46. The Morgan fingerprint density at radius 1 is 1.22 bits per heavy atom. The molecular weight excluding hydrogens is 490 g/mol. The van der Waals surface area contributed by atoms with E-state index in [-0.39, 0.29) is 42.4 Å². The predicted molar refractivity (Wildman–Crippen MR) is 130 cm³/mol. The molecule has 1 aliphatic rings. The van der Waals surface area contributed by atoms with Gasteiger partial charge in [-0.3, -0.25) is 14.3 Å². The quantitative estimate of drug-likeness (QED) is 0.391. The average Bonchev–Trinajstić information content (AvgIpc) is 3.41. The number of benzene rings is 1. The van der Waals surface area contributed by atoms with Gasteiger partial charge in [0, 0.05) is 18.3 Å². The summed E-state index contributed by atoms with van der Waals surface area (Å²) < 4.78 is 41.3. The van der Waals surface area contributed by atoms with Gasteiger partial charge in [-0.2, -0.15) is 9.49 Å². The molecule has 0 saturated carbocycles. The van der Waals surface area contributed by atoms with Crippen LogP contribution in [0.2, 0.25) is 0 Å². The second-order valence-corrected chi connectivity index (χ2v) is 9.43. The van der Waals surface area contributed by atoms with Crippen LogP contribution in [0.15, 0.2) is 36.2 Å². The minimum Gasteiger partial charge on any atom is -0.488 e. The average molecular weight is 523 g/mol. The Labute approximate surface area is 213 Å². The Morgan fingerprint density at radius 2 is 1.95 bits per heavy atom. The molecule has 0 bridgehead atoms. The van der Waals surface area contributed by atoms with Crippen LogP contribution in [0.1, 0.15) is 34.1 Å². The molecule has 0 unspecified atom stereocenters. The molecule has 1 aromatic heterocycles. The molecule has 10 nitrogen and oxygen atoms in total. The third kappa shape index (κ3) is 7.26. The van der Waals surface area contributed by atoms with E-state index in [1.165, 1.54) is 21.8 Å². The fraction of sp³-hybridized carbons (Fsp3) is 0.480. The molecule has 3 N–H and O–H groups in total. The van der Waals surface area contributed by atoms with Crippen LogP contribution in [-0.4, -0.2) is 68.1 Å². The maximum Gasteiger partial charge on any atom is 0.251 e. The molecule has 0 radical (unpaired) electrons. The molecule has 37 heavy (non-hydrogen) atoms. The van der Waals surface area contributed by atoms with Gasteiger partial charge >= 0.3 is 0 Å². The number of hydrogen-bond donors (Lipinski definition) is 3. The van der Waals surface area contributed by atoms with Crippen molar-refractivity contribution >= 4 is 17.6 Å². The van der Waals surface area contributed by atoms with Crippen molar-refractivity contribution in [2.45, 2.75) is 58.9 Å². The Hall–Kier alpha value is -3.51. The van der Waals surface area contributed by atoms with Crippen LogP contribution in [0.4, 0.5) is 14.6 Å². The highest BCUT2D eigenvalue weighted by Crippen LogP contribution is 2.33. The lowest BCUT2D eigenvalue weighted by atomic mass is 10.0. The van der Waals surface area contributed by atoms with Gasteiger partial charge in [-0.05, 0) is 38.3 Å². The number of nitrogens with one attached hydrogen (secondary N) is 1. The molecule has 2 atom stereocenters. The van der Waals surface area contributed by atoms with Crippen LogP contribution < -0.4 is 14.8 Å². The summed E-state index contributed by atoms with van der Waals surface area (Å²) in [5, 5.41) is 25.3. The molecule has 1 aromatic carbocycles. The maximum absolute atomic E-state index is 14.8. The van der Waals surface area contributed by atoms with Crippen molar-refractivity contribution in [3.05, 3.63) is 47.9 Å². The number of rotatable bonds is 12. The van der Waals surface area contributed by atoms with E-state index >= 15 is 0 Å². The van der Waals surface area contributed by atoms with Crippen molar-refractivity contribution in [3.8, 4) is 11.5 Å². The minimum absolute atomic E-state index is 0.0201. The Balaban J connectivity index is 1.74. The second kappa shape index (κ2) is 12.2. The van der Waals surface area contributed by atoms with E-state index in [9.17, 15) is 23.5 Å². The number of ether oxygens (including phenoxy) is 2. The third-order valence-electron chi connectivity index (χ3n) is 5.38. The molecule has 2 amide bonds. The predicted octanol–water partition coefficient (Wildman–Crippen LogP) is 2.46. The fourth-order valence-electron chi connectivity index (χ4n) is 3.76. The topological polar surface area (TPSA) is 126 Å². The van der Waals surface area contributed by atoms with E-state index in [0.29, 0.717) is 6.42 Å². The van der Waals surface area contributed by atoms with Crippen molar-refractivity contribution in [1.29, 1.82) is 0 Å². The van der Waals surface area contributed by atoms with E-state index in [1.54, 1.807) is 13.8 Å². The number of aliphatic hydroxyl groups is 2.